The molecule has 74 valence electrons. The van der Waals surface area contributed by atoms with Gasteiger partial charge < -0.3 is 9.47 Å². The summed E-state index contributed by atoms with van der Waals surface area (Å²) in [6.45, 7) is 1.99. The van der Waals surface area contributed by atoms with Crippen molar-refractivity contribution in [1.82, 2.24) is 0 Å². The lowest BCUT2D eigenvalue weighted by atomic mass is 10.1. The second kappa shape index (κ2) is 3.33. The van der Waals surface area contributed by atoms with Crippen LogP contribution in [0.25, 0.3) is 0 Å². The molecule has 1 atom stereocenters. The zero-order valence-corrected chi connectivity index (χ0v) is 8.24. The predicted molar refractivity (Wildman–Crippen MR) is 51.6 cm³/mol. The molecule has 1 aromatic carbocycles. The number of rotatable bonds is 1. The topological polar surface area (TPSA) is 35.5 Å². The van der Waals surface area contributed by atoms with E-state index < -0.39 is 0 Å². The van der Waals surface area contributed by atoms with Gasteiger partial charge in [-0.2, -0.15) is 0 Å². The minimum absolute atomic E-state index is 0.149. The van der Waals surface area contributed by atoms with Crippen LogP contribution in [0.1, 0.15) is 22.8 Å². The molecule has 0 amide bonds. The first kappa shape index (κ1) is 9.06. The van der Waals surface area contributed by atoms with E-state index >= 15 is 0 Å². The number of hydrogen-bond acceptors (Lipinski definition) is 3. The van der Waals surface area contributed by atoms with E-state index in [1.165, 1.54) is 7.11 Å². The van der Waals surface area contributed by atoms with Gasteiger partial charge in [0.15, 0.2) is 0 Å². The van der Waals surface area contributed by atoms with Crippen molar-refractivity contribution in [3.8, 4) is 5.75 Å². The molecule has 0 saturated carbocycles. The molecule has 0 N–H and O–H groups in total. The third-order valence-corrected chi connectivity index (χ3v) is 2.33. The number of para-hydroxylation sites is 1. The van der Waals surface area contributed by atoms with Crippen LogP contribution >= 0.6 is 0 Å². The van der Waals surface area contributed by atoms with Crippen LogP contribution in [0.5, 0.6) is 5.75 Å². The van der Waals surface area contributed by atoms with Crippen molar-refractivity contribution in [1.29, 1.82) is 0 Å². The SMILES string of the molecule is COC(=O)c1cccc2c1O[C@@H](C)C2. The molecule has 0 saturated heterocycles. The van der Waals surface area contributed by atoms with Gasteiger partial charge in [0.05, 0.1) is 7.11 Å². The van der Waals surface area contributed by atoms with E-state index in [9.17, 15) is 4.79 Å². The summed E-state index contributed by atoms with van der Waals surface area (Å²) in [5.74, 6) is 0.350. The average Bonchev–Trinajstić information content (AvgIpc) is 2.56. The zero-order valence-electron chi connectivity index (χ0n) is 8.24. The maximum absolute atomic E-state index is 11.4. The molecule has 1 heterocycles. The Hall–Kier alpha value is -1.51. The molecule has 0 spiro atoms. The Balaban J connectivity index is 2.44. The van der Waals surface area contributed by atoms with E-state index in [4.69, 9.17) is 4.74 Å². The van der Waals surface area contributed by atoms with E-state index in [1.54, 1.807) is 6.07 Å². The number of fused-ring (bicyclic) bond motifs is 1. The largest absolute Gasteiger partial charge is 0.489 e. The van der Waals surface area contributed by atoms with Gasteiger partial charge in [0.1, 0.15) is 17.4 Å². The first-order valence-corrected chi connectivity index (χ1v) is 4.59. The van der Waals surface area contributed by atoms with Gasteiger partial charge in [-0.1, -0.05) is 12.1 Å². The normalized spacial score (nSPS) is 18.6. The monoisotopic (exact) mass is 192 g/mol. The number of carbonyl (C=O) groups excluding carboxylic acids is 1. The van der Waals surface area contributed by atoms with Gasteiger partial charge >= 0.3 is 5.97 Å². The minimum atomic E-state index is -0.337. The zero-order chi connectivity index (χ0) is 10.1. The molecular formula is C11H12O3. The molecule has 1 aliphatic rings. The Morgan fingerprint density at radius 1 is 1.57 bits per heavy atom. The lowest BCUT2D eigenvalue weighted by Crippen LogP contribution is -2.08. The highest BCUT2D eigenvalue weighted by molar-refractivity contribution is 5.93. The first-order valence-electron chi connectivity index (χ1n) is 4.59. The van der Waals surface area contributed by atoms with Crippen molar-refractivity contribution < 1.29 is 14.3 Å². The third-order valence-electron chi connectivity index (χ3n) is 2.33. The Kier molecular flexibility index (Phi) is 2.15. The van der Waals surface area contributed by atoms with Gasteiger partial charge in [0.2, 0.25) is 0 Å². The Morgan fingerprint density at radius 2 is 2.36 bits per heavy atom. The molecule has 0 unspecified atom stereocenters. The molecule has 3 nitrogen and oxygen atoms in total. The number of methoxy groups -OCH3 is 1. The molecule has 2 rings (SSSR count). The quantitative estimate of drug-likeness (QED) is 0.636. The van der Waals surface area contributed by atoms with E-state index in [0.29, 0.717) is 11.3 Å². The summed E-state index contributed by atoms with van der Waals surface area (Å²) in [4.78, 5) is 11.4. The van der Waals surface area contributed by atoms with Crippen LogP contribution in [0.4, 0.5) is 0 Å². The van der Waals surface area contributed by atoms with E-state index in [2.05, 4.69) is 4.74 Å². The Labute approximate surface area is 82.6 Å². The summed E-state index contributed by atoms with van der Waals surface area (Å²) in [6, 6.07) is 5.56. The fraction of sp³-hybridized carbons (Fsp3) is 0.364. The third kappa shape index (κ3) is 1.35. The lowest BCUT2D eigenvalue weighted by molar-refractivity contribution is 0.0595. The lowest BCUT2D eigenvalue weighted by Gasteiger charge is -2.06. The molecule has 1 aliphatic heterocycles. The summed E-state index contributed by atoms with van der Waals surface area (Å²) in [7, 11) is 1.38. The molecule has 14 heavy (non-hydrogen) atoms. The van der Waals surface area contributed by atoms with Crippen molar-refractivity contribution >= 4 is 5.97 Å². The van der Waals surface area contributed by atoms with Gasteiger partial charge in [0.25, 0.3) is 0 Å². The average molecular weight is 192 g/mol. The van der Waals surface area contributed by atoms with Crippen molar-refractivity contribution in [2.75, 3.05) is 7.11 Å². The molecule has 0 aromatic heterocycles. The predicted octanol–water partition coefficient (Wildman–Crippen LogP) is 1.80. The van der Waals surface area contributed by atoms with Gasteiger partial charge in [0, 0.05) is 6.42 Å². The van der Waals surface area contributed by atoms with Gasteiger partial charge in [-0.25, -0.2) is 4.79 Å². The summed E-state index contributed by atoms with van der Waals surface area (Å²) in [5, 5.41) is 0. The maximum atomic E-state index is 11.4. The number of carbonyl (C=O) groups is 1. The second-order valence-corrected chi connectivity index (χ2v) is 3.42. The summed E-state index contributed by atoms with van der Waals surface area (Å²) in [5.41, 5.74) is 1.61. The molecule has 0 aliphatic carbocycles. The van der Waals surface area contributed by atoms with Gasteiger partial charge in [-0.05, 0) is 18.6 Å². The smallest absolute Gasteiger partial charge is 0.341 e. The van der Waals surface area contributed by atoms with Crippen LogP contribution < -0.4 is 4.74 Å². The maximum Gasteiger partial charge on any atom is 0.341 e. The van der Waals surface area contributed by atoms with Crippen LogP contribution in [-0.4, -0.2) is 19.2 Å². The Morgan fingerprint density at radius 3 is 3.07 bits per heavy atom. The first-order chi connectivity index (χ1) is 6.72. The molecular weight excluding hydrogens is 180 g/mol. The number of benzene rings is 1. The molecule has 1 aromatic rings. The van der Waals surface area contributed by atoms with E-state index in [0.717, 1.165) is 12.0 Å². The van der Waals surface area contributed by atoms with Crippen LogP contribution in [0.15, 0.2) is 18.2 Å². The number of ether oxygens (including phenoxy) is 2. The fourth-order valence-corrected chi connectivity index (χ4v) is 1.71. The van der Waals surface area contributed by atoms with Crippen LogP contribution in [0.3, 0.4) is 0 Å². The highest BCUT2D eigenvalue weighted by Crippen LogP contribution is 2.32. The van der Waals surface area contributed by atoms with Crippen LogP contribution in [-0.2, 0) is 11.2 Å². The number of hydrogen-bond donors (Lipinski definition) is 0. The standard InChI is InChI=1S/C11H12O3/c1-7-6-8-4-3-5-9(10(8)14-7)11(12)13-2/h3-5,7H,6H2,1-2H3/t7-/m0/s1. The Bertz CT molecular complexity index is 371. The van der Waals surface area contributed by atoms with Crippen LogP contribution in [0.2, 0.25) is 0 Å². The van der Waals surface area contributed by atoms with Crippen LogP contribution in [0, 0.1) is 0 Å². The summed E-state index contributed by atoms with van der Waals surface area (Å²) in [6.07, 6.45) is 1.01. The molecule has 0 bridgehead atoms. The minimum Gasteiger partial charge on any atom is -0.489 e. The highest BCUT2D eigenvalue weighted by Gasteiger charge is 2.24. The van der Waals surface area contributed by atoms with Gasteiger partial charge in [-0.3, -0.25) is 0 Å². The van der Waals surface area contributed by atoms with Crippen molar-refractivity contribution in [3.63, 3.8) is 0 Å². The van der Waals surface area contributed by atoms with Crippen molar-refractivity contribution in [2.45, 2.75) is 19.4 Å². The fourth-order valence-electron chi connectivity index (χ4n) is 1.71. The molecule has 0 radical (unpaired) electrons. The van der Waals surface area contributed by atoms with E-state index in [1.807, 2.05) is 19.1 Å². The summed E-state index contributed by atoms with van der Waals surface area (Å²) < 4.78 is 10.2. The number of esters is 1. The summed E-state index contributed by atoms with van der Waals surface area (Å²) >= 11 is 0. The highest BCUT2D eigenvalue weighted by atomic mass is 16.5. The molecule has 3 heteroatoms. The van der Waals surface area contributed by atoms with E-state index in [-0.39, 0.29) is 12.1 Å². The van der Waals surface area contributed by atoms with Crippen molar-refractivity contribution in [3.05, 3.63) is 29.3 Å². The van der Waals surface area contributed by atoms with Crippen molar-refractivity contribution in [2.24, 2.45) is 0 Å². The molecule has 0 fully saturated rings. The second-order valence-electron chi connectivity index (χ2n) is 3.42. The van der Waals surface area contributed by atoms with Gasteiger partial charge in [-0.15, -0.1) is 0 Å².